The molecule has 2 N–H and O–H groups in total. The molecule has 0 heterocycles. The maximum Gasteiger partial charge on any atom is 0.269 e. The van der Waals surface area contributed by atoms with Crippen molar-refractivity contribution in [2.45, 2.75) is 6.92 Å². The first-order valence-electron chi connectivity index (χ1n) is 7.99. The number of benzene rings is 2. The lowest BCUT2D eigenvalue weighted by Gasteiger charge is -2.11. The van der Waals surface area contributed by atoms with Crippen molar-refractivity contribution in [1.29, 1.82) is 0 Å². The van der Waals surface area contributed by atoms with E-state index < -0.39 is 17.6 Å². The minimum Gasteiger partial charge on any atom is -0.491 e. The van der Waals surface area contributed by atoms with E-state index in [9.17, 15) is 14.0 Å². The van der Waals surface area contributed by atoms with Gasteiger partial charge in [0.1, 0.15) is 5.82 Å². The van der Waals surface area contributed by atoms with Gasteiger partial charge in [-0.15, -0.1) is 0 Å². The number of carbonyl (C=O) groups is 2. The van der Waals surface area contributed by atoms with Gasteiger partial charge in [0.15, 0.2) is 11.5 Å². The van der Waals surface area contributed by atoms with E-state index in [1.54, 1.807) is 12.1 Å². The van der Waals surface area contributed by atoms with Gasteiger partial charge in [-0.3, -0.25) is 20.4 Å². The Morgan fingerprint density at radius 3 is 2.52 bits per heavy atom. The lowest BCUT2D eigenvalue weighted by molar-refractivity contribution is -0.117. The van der Waals surface area contributed by atoms with Gasteiger partial charge in [-0.2, -0.15) is 0 Å². The third-order valence-electron chi connectivity index (χ3n) is 3.37. The molecule has 2 aromatic rings. The number of nitrogens with one attached hydrogen (secondary N) is 2. The highest BCUT2D eigenvalue weighted by molar-refractivity contribution is 6.32. The molecule has 0 unspecified atom stereocenters. The molecule has 142 valence electrons. The van der Waals surface area contributed by atoms with Gasteiger partial charge in [-0.05, 0) is 55.0 Å². The van der Waals surface area contributed by atoms with Gasteiger partial charge in [0, 0.05) is 11.6 Å². The summed E-state index contributed by atoms with van der Waals surface area (Å²) in [5, 5.41) is 0.341. The van der Waals surface area contributed by atoms with E-state index in [0.717, 1.165) is 12.1 Å². The van der Waals surface area contributed by atoms with Crippen molar-refractivity contribution in [3.05, 3.63) is 64.4 Å². The van der Waals surface area contributed by atoms with Crippen LogP contribution in [0.25, 0.3) is 6.08 Å². The van der Waals surface area contributed by atoms with E-state index >= 15 is 0 Å². The van der Waals surface area contributed by atoms with E-state index in [-0.39, 0.29) is 5.56 Å². The van der Waals surface area contributed by atoms with Crippen LogP contribution in [0.1, 0.15) is 22.8 Å². The fourth-order valence-electron chi connectivity index (χ4n) is 2.15. The van der Waals surface area contributed by atoms with Crippen LogP contribution in [-0.4, -0.2) is 25.5 Å². The summed E-state index contributed by atoms with van der Waals surface area (Å²) in [7, 11) is 1.48. The molecule has 0 radical (unpaired) electrons. The van der Waals surface area contributed by atoms with Crippen molar-refractivity contribution in [3.63, 3.8) is 0 Å². The molecule has 0 aliphatic heterocycles. The highest BCUT2D eigenvalue weighted by Gasteiger charge is 2.11. The molecule has 6 nitrogen and oxygen atoms in total. The first-order chi connectivity index (χ1) is 12.9. The van der Waals surface area contributed by atoms with Crippen LogP contribution in [0, 0.1) is 5.82 Å². The zero-order valence-corrected chi connectivity index (χ0v) is 15.5. The molecule has 2 aromatic carbocycles. The van der Waals surface area contributed by atoms with E-state index in [4.69, 9.17) is 21.1 Å². The van der Waals surface area contributed by atoms with Crippen LogP contribution in [0.2, 0.25) is 5.02 Å². The van der Waals surface area contributed by atoms with E-state index in [2.05, 4.69) is 10.9 Å². The maximum absolute atomic E-state index is 12.8. The summed E-state index contributed by atoms with van der Waals surface area (Å²) in [5.74, 6) is -0.717. The highest BCUT2D eigenvalue weighted by Crippen LogP contribution is 2.36. The quantitative estimate of drug-likeness (QED) is 0.583. The molecule has 0 aliphatic carbocycles. The molecular formula is C19H18ClFN2O4. The Hall–Kier alpha value is -3.06. The second kappa shape index (κ2) is 9.59. The largest absolute Gasteiger partial charge is 0.491 e. The Morgan fingerprint density at radius 2 is 1.89 bits per heavy atom. The monoisotopic (exact) mass is 392 g/mol. The number of hydrogen-bond donors (Lipinski definition) is 2. The van der Waals surface area contributed by atoms with Crippen molar-refractivity contribution in [3.8, 4) is 11.5 Å². The Kier molecular flexibility index (Phi) is 7.19. The zero-order valence-electron chi connectivity index (χ0n) is 14.7. The van der Waals surface area contributed by atoms with Gasteiger partial charge in [-0.25, -0.2) is 4.39 Å². The van der Waals surface area contributed by atoms with Crippen molar-refractivity contribution in [2.75, 3.05) is 13.7 Å². The van der Waals surface area contributed by atoms with Gasteiger partial charge in [0.25, 0.3) is 11.8 Å². The van der Waals surface area contributed by atoms with Crippen LogP contribution >= 0.6 is 11.6 Å². The average molecular weight is 393 g/mol. The lowest BCUT2D eigenvalue weighted by Crippen LogP contribution is -2.40. The van der Waals surface area contributed by atoms with Gasteiger partial charge in [-0.1, -0.05) is 11.6 Å². The fourth-order valence-corrected chi connectivity index (χ4v) is 2.45. The second-order valence-electron chi connectivity index (χ2n) is 5.25. The number of hydrogen-bond acceptors (Lipinski definition) is 4. The van der Waals surface area contributed by atoms with Crippen LogP contribution in [0.4, 0.5) is 4.39 Å². The molecule has 0 aromatic heterocycles. The SMILES string of the molecule is CCOc1cc(C=CC(=O)NNC(=O)c2ccc(F)cc2)cc(Cl)c1OC. The first-order valence-corrected chi connectivity index (χ1v) is 8.36. The van der Waals surface area contributed by atoms with E-state index in [0.29, 0.717) is 28.7 Å². The van der Waals surface area contributed by atoms with Crippen molar-refractivity contribution >= 4 is 29.5 Å². The van der Waals surface area contributed by atoms with E-state index in [1.165, 1.54) is 31.4 Å². The number of ether oxygens (including phenoxy) is 2. The molecule has 2 rings (SSSR count). The molecule has 0 atom stereocenters. The van der Waals surface area contributed by atoms with Crippen LogP contribution in [0.3, 0.4) is 0 Å². The van der Waals surface area contributed by atoms with Crippen molar-refractivity contribution in [1.82, 2.24) is 10.9 Å². The van der Waals surface area contributed by atoms with Crippen LogP contribution in [0.5, 0.6) is 11.5 Å². The minimum absolute atomic E-state index is 0.212. The summed E-state index contributed by atoms with van der Waals surface area (Å²) in [5.41, 5.74) is 5.29. The standard InChI is InChI=1S/C19H18ClFN2O4/c1-3-27-16-11-12(10-15(20)18(16)26-2)4-9-17(24)22-23-19(25)13-5-7-14(21)8-6-13/h4-11H,3H2,1-2H3,(H,22,24)(H,23,25). The summed E-state index contributed by atoms with van der Waals surface area (Å²) in [6.07, 6.45) is 2.73. The second-order valence-corrected chi connectivity index (χ2v) is 5.66. The zero-order chi connectivity index (χ0) is 19.8. The first kappa shape index (κ1) is 20.3. The lowest BCUT2D eigenvalue weighted by atomic mass is 10.2. The molecule has 0 saturated heterocycles. The predicted octanol–water partition coefficient (Wildman–Crippen LogP) is 3.36. The normalized spacial score (nSPS) is 10.5. The Labute approximate surface area is 160 Å². The van der Waals surface area contributed by atoms with Crippen LogP contribution in [0.15, 0.2) is 42.5 Å². The van der Waals surface area contributed by atoms with Crippen LogP contribution < -0.4 is 20.3 Å². The number of hydrazine groups is 1. The number of amides is 2. The van der Waals surface area contributed by atoms with Crippen molar-refractivity contribution < 1.29 is 23.5 Å². The molecule has 0 aliphatic rings. The van der Waals surface area contributed by atoms with Gasteiger partial charge >= 0.3 is 0 Å². The average Bonchev–Trinajstić information content (AvgIpc) is 2.65. The molecule has 0 bridgehead atoms. The Bertz CT molecular complexity index is 854. The summed E-state index contributed by atoms with van der Waals surface area (Å²) in [4.78, 5) is 23.7. The maximum atomic E-state index is 12.8. The Morgan fingerprint density at radius 1 is 1.19 bits per heavy atom. The highest BCUT2D eigenvalue weighted by atomic mass is 35.5. The van der Waals surface area contributed by atoms with Gasteiger partial charge in [0.05, 0.1) is 18.7 Å². The van der Waals surface area contributed by atoms with Crippen LogP contribution in [-0.2, 0) is 4.79 Å². The van der Waals surface area contributed by atoms with Gasteiger partial charge < -0.3 is 9.47 Å². The third-order valence-corrected chi connectivity index (χ3v) is 3.65. The molecule has 0 saturated carbocycles. The molecule has 27 heavy (non-hydrogen) atoms. The summed E-state index contributed by atoms with van der Waals surface area (Å²) >= 11 is 6.14. The number of carbonyl (C=O) groups excluding carboxylic acids is 2. The third kappa shape index (κ3) is 5.72. The minimum atomic E-state index is -0.567. The summed E-state index contributed by atoms with van der Waals surface area (Å²) in [6, 6.07) is 8.21. The van der Waals surface area contributed by atoms with Gasteiger partial charge in [0.2, 0.25) is 0 Å². The Balaban J connectivity index is 1.99. The molecule has 0 spiro atoms. The summed E-state index contributed by atoms with van der Waals surface area (Å²) in [6.45, 7) is 2.25. The number of halogens is 2. The number of methoxy groups -OCH3 is 1. The van der Waals surface area contributed by atoms with E-state index in [1.807, 2.05) is 6.92 Å². The molecule has 2 amide bonds. The van der Waals surface area contributed by atoms with Crippen molar-refractivity contribution in [2.24, 2.45) is 0 Å². The predicted molar refractivity (Wildman–Crippen MR) is 100 cm³/mol. The summed E-state index contributed by atoms with van der Waals surface area (Å²) < 4.78 is 23.5. The molecule has 8 heteroatoms. The molecule has 0 fully saturated rings. The smallest absolute Gasteiger partial charge is 0.269 e. The topological polar surface area (TPSA) is 76.7 Å². The molecular weight excluding hydrogens is 375 g/mol. The fraction of sp³-hybridized carbons (Fsp3) is 0.158. The number of rotatable bonds is 6.